The van der Waals surface area contributed by atoms with Crippen LogP contribution in [0.25, 0.3) is 0 Å². The van der Waals surface area contributed by atoms with Crippen LogP contribution in [0, 0.1) is 5.92 Å². The van der Waals surface area contributed by atoms with Crippen molar-refractivity contribution in [3.8, 4) is 0 Å². The number of aliphatic hydroxyl groups excluding tert-OH is 1. The Hall–Kier alpha value is -0.0800. The summed E-state index contributed by atoms with van der Waals surface area (Å²) < 4.78 is 0. The summed E-state index contributed by atoms with van der Waals surface area (Å²) >= 11 is 0. The Morgan fingerprint density at radius 1 is 1.29 bits per heavy atom. The van der Waals surface area contributed by atoms with Crippen molar-refractivity contribution in [1.82, 2.24) is 4.90 Å². The first-order valence-electron chi connectivity index (χ1n) is 6.00. The Kier molecular flexibility index (Phi) is 4.39. The number of rotatable bonds is 6. The topological polar surface area (TPSA) is 23.5 Å². The number of nitrogens with zero attached hydrogens (tertiary/aromatic N) is 1. The summed E-state index contributed by atoms with van der Waals surface area (Å²) in [7, 11) is 0. The molecule has 2 unspecified atom stereocenters. The molecule has 2 heteroatoms. The Labute approximate surface area is 88.3 Å². The molecule has 0 bridgehead atoms. The van der Waals surface area contributed by atoms with E-state index < -0.39 is 0 Å². The molecule has 1 aliphatic carbocycles. The minimum atomic E-state index is -0.170. The Morgan fingerprint density at radius 3 is 2.21 bits per heavy atom. The van der Waals surface area contributed by atoms with E-state index in [2.05, 4.69) is 32.6 Å². The third-order valence-electron chi connectivity index (χ3n) is 3.33. The lowest BCUT2D eigenvalue weighted by molar-refractivity contribution is 0.0361. The molecule has 0 heterocycles. The van der Waals surface area contributed by atoms with Gasteiger partial charge in [-0.05, 0) is 46.0 Å². The average Bonchev–Trinajstić information content (AvgIpc) is 2.95. The van der Waals surface area contributed by atoms with Crippen LogP contribution in [0.3, 0.4) is 0 Å². The van der Waals surface area contributed by atoms with E-state index in [9.17, 15) is 5.11 Å². The first kappa shape index (κ1) is 12.0. The molecular weight excluding hydrogens is 174 g/mol. The summed E-state index contributed by atoms with van der Waals surface area (Å²) in [5.74, 6) is 0.906. The quantitative estimate of drug-likeness (QED) is 0.709. The van der Waals surface area contributed by atoms with E-state index in [-0.39, 0.29) is 6.10 Å². The molecule has 0 spiro atoms. The second kappa shape index (κ2) is 5.13. The molecule has 0 amide bonds. The van der Waals surface area contributed by atoms with Crippen molar-refractivity contribution in [2.45, 2.75) is 65.1 Å². The highest BCUT2D eigenvalue weighted by atomic mass is 16.3. The molecule has 2 nitrogen and oxygen atoms in total. The molecule has 0 radical (unpaired) electrons. The van der Waals surface area contributed by atoms with Crippen molar-refractivity contribution >= 4 is 0 Å². The second-order valence-corrected chi connectivity index (χ2v) is 4.95. The first-order chi connectivity index (χ1) is 6.56. The van der Waals surface area contributed by atoms with Gasteiger partial charge in [-0.25, -0.2) is 0 Å². The Balaban J connectivity index is 2.46. The van der Waals surface area contributed by atoms with Gasteiger partial charge in [0.1, 0.15) is 0 Å². The van der Waals surface area contributed by atoms with Crippen molar-refractivity contribution in [3.63, 3.8) is 0 Å². The zero-order chi connectivity index (χ0) is 10.7. The molecule has 14 heavy (non-hydrogen) atoms. The molecule has 84 valence electrons. The second-order valence-electron chi connectivity index (χ2n) is 4.95. The molecule has 1 saturated carbocycles. The molecule has 0 aromatic heterocycles. The van der Waals surface area contributed by atoms with Crippen molar-refractivity contribution in [1.29, 1.82) is 0 Å². The van der Waals surface area contributed by atoms with Crippen LogP contribution < -0.4 is 0 Å². The third kappa shape index (κ3) is 3.25. The SMILES string of the molecule is CCC(O)C(C)N(CC1CC1)C(C)C. The first-order valence-corrected chi connectivity index (χ1v) is 6.00. The molecular formula is C12H25NO. The lowest BCUT2D eigenvalue weighted by atomic mass is 10.1. The molecule has 1 rings (SSSR count). The maximum absolute atomic E-state index is 9.84. The van der Waals surface area contributed by atoms with Crippen LogP contribution in [0.1, 0.15) is 47.0 Å². The van der Waals surface area contributed by atoms with Gasteiger partial charge in [0.25, 0.3) is 0 Å². The van der Waals surface area contributed by atoms with Gasteiger partial charge in [-0.1, -0.05) is 6.92 Å². The van der Waals surface area contributed by atoms with Gasteiger partial charge in [0.15, 0.2) is 0 Å². The maximum Gasteiger partial charge on any atom is 0.0690 e. The third-order valence-corrected chi connectivity index (χ3v) is 3.33. The highest BCUT2D eigenvalue weighted by molar-refractivity contribution is 4.83. The van der Waals surface area contributed by atoms with Crippen LogP contribution in [-0.2, 0) is 0 Å². The van der Waals surface area contributed by atoms with Crippen LogP contribution in [0.5, 0.6) is 0 Å². The predicted molar refractivity (Wildman–Crippen MR) is 60.3 cm³/mol. The summed E-state index contributed by atoms with van der Waals surface area (Å²) in [6.07, 6.45) is 3.46. The summed E-state index contributed by atoms with van der Waals surface area (Å²) in [5.41, 5.74) is 0. The lowest BCUT2D eigenvalue weighted by Gasteiger charge is -2.35. The van der Waals surface area contributed by atoms with Gasteiger partial charge in [0.2, 0.25) is 0 Å². The van der Waals surface area contributed by atoms with Gasteiger partial charge in [0.05, 0.1) is 6.10 Å². The van der Waals surface area contributed by atoms with Gasteiger partial charge >= 0.3 is 0 Å². The Morgan fingerprint density at radius 2 is 1.86 bits per heavy atom. The zero-order valence-electron chi connectivity index (χ0n) is 10.0. The van der Waals surface area contributed by atoms with E-state index in [1.54, 1.807) is 0 Å². The summed E-state index contributed by atoms with van der Waals surface area (Å²) in [6, 6.07) is 0.854. The van der Waals surface area contributed by atoms with E-state index in [1.165, 1.54) is 19.4 Å². The summed E-state index contributed by atoms with van der Waals surface area (Å²) in [6.45, 7) is 9.83. The smallest absolute Gasteiger partial charge is 0.0690 e. The lowest BCUT2D eigenvalue weighted by Crippen LogP contribution is -2.46. The van der Waals surface area contributed by atoms with Crippen LogP contribution in [0.2, 0.25) is 0 Å². The fraction of sp³-hybridized carbons (Fsp3) is 1.00. The number of hydrogen-bond acceptors (Lipinski definition) is 2. The van der Waals surface area contributed by atoms with Crippen LogP contribution in [0.4, 0.5) is 0 Å². The van der Waals surface area contributed by atoms with E-state index in [0.717, 1.165) is 12.3 Å². The molecule has 1 N–H and O–H groups in total. The van der Waals surface area contributed by atoms with E-state index >= 15 is 0 Å². The number of hydrogen-bond donors (Lipinski definition) is 1. The van der Waals surface area contributed by atoms with Crippen molar-refractivity contribution in [2.75, 3.05) is 6.54 Å². The molecule has 0 aromatic carbocycles. The molecule has 0 aromatic rings. The van der Waals surface area contributed by atoms with Gasteiger partial charge in [0, 0.05) is 18.6 Å². The maximum atomic E-state index is 9.84. The predicted octanol–water partition coefficient (Wildman–Crippen LogP) is 2.27. The van der Waals surface area contributed by atoms with Crippen LogP contribution >= 0.6 is 0 Å². The summed E-state index contributed by atoms with van der Waals surface area (Å²) in [4.78, 5) is 2.45. The molecule has 0 aliphatic heterocycles. The molecule has 1 fully saturated rings. The minimum Gasteiger partial charge on any atom is -0.392 e. The van der Waals surface area contributed by atoms with Crippen molar-refractivity contribution in [2.24, 2.45) is 5.92 Å². The van der Waals surface area contributed by atoms with Gasteiger partial charge < -0.3 is 5.11 Å². The summed E-state index contributed by atoms with van der Waals surface area (Å²) in [5, 5.41) is 9.84. The normalized spacial score (nSPS) is 21.6. The zero-order valence-corrected chi connectivity index (χ0v) is 10.0. The van der Waals surface area contributed by atoms with E-state index in [1.807, 2.05) is 0 Å². The Bertz CT molecular complexity index is 166. The van der Waals surface area contributed by atoms with Crippen LogP contribution in [0.15, 0.2) is 0 Å². The molecule has 0 saturated heterocycles. The van der Waals surface area contributed by atoms with Crippen molar-refractivity contribution in [3.05, 3.63) is 0 Å². The van der Waals surface area contributed by atoms with Crippen LogP contribution in [-0.4, -0.2) is 34.7 Å². The molecule has 2 atom stereocenters. The monoisotopic (exact) mass is 199 g/mol. The highest BCUT2D eigenvalue weighted by Gasteiger charge is 2.29. The van der Waals surface area contributed by atoms with Crippen molar-refractivity contribution < 1.29 is 5.11 Å². The van der Waals surface area contributed by atoms with Gasteiger partial charge in [-0.2, -0.15) is 0 Å². The fourth-order valence-corrected chi connectivity index (χ4v) is 2.01. The minimum absolute atomic E-state index is 0.170. The highest BCUT2D eigenvalue weighted by Crippen LogP contribution is 2.31. The fourth-order valence-electron chi connectivity index (χ4n) is 2.01. The average molecular weight is 199 g/mol. The number of aliphatic hydroxyl groups is 1. The van der Waals surface area contributed by atoms with Gasteiger partial charge in [-0.15, -0.1) is 0 Å². The molecule has 1 aliphatic rings. The van der Waals surface area contributed by atoms with E-state index in [4.69, 9.17) is 0 Å². The van der Waals surface area contributed by atoms with E-state index in [0.29, 0.717) is 12.1 Å². The standard InChI is InChI=1S/C12H25NO/c1-5-12(14)10(4)13(9(2)3)8-11-6-7-11/h9-12,14H,5-8H2,1-4H3. The largest absolute Gasteiger partial charge is 0.392 e. The van der Waals surface area contributed by atoms with Gasteiger partial charge in [-0.3, -0.25) is 4.90 Å².